The first-order valence-corrected chi connectivity index (χ1v) is 6.72. The lowest BCUT2D eigenvalue weighted by molar-refractivity contribution is -0.119. The number of nitrogens with zero attached hydrogens (tertiary/aromatic N) is 2. The van der Waals surface area contributed by atoms with E-state index in [9.17, 15) is 4.79 Å². The summed E-state index contributed by atoms with van der Waals surface area (Å²) in [6, 6.07) is 0.288. The molecule has 3 nitrogen and oxygen atoms in total. The summed E-state index contributed by atoms with van der Waals surface area (Å²) in [4.78, 5) is 11.7. The number of rotatable bonds is 2. The van der Waals surface area contributed by atoms with Crippen LogP contribution < -0.4 is 0 Å². The maximum atomic E-state index is 11.7. The van der Waals surface area contributed by atoms with Crippen LogP contribution >= 0.6 is 11.6 Å². The second-order valence-corrected chi connectivity index (χ2v) is 5.51. The Morgan fingerprint density at radius 3 is 2.94 bits per heavy atom. The van der Waals surface area contributed by atoms with Crippen LogP contribution in [0.2, 0.25) is 5.02 Å². The van der Waals surface area contributed by atoms with Gasteiger partial charge in [0.25, 0.3) is 0 Å². The fourth-order valence-corrected chi connectivity index (χ4v) is 2.85. The molecule has 2 rings (SSSR count). The van der Waals surface area contributed by atoms with Crippen molar-refractivity contribution in [2.75, 3.05) is 0 Å². The molecule has 1 fully saturated rings. The van der Waals surface area contributed by atoms with Crippen LogP contribution in [0.1, 0.15) is 63.6 Å². The third-order valence-electron chi connectivity index (χ3n) is 3.40. The zero-order chi connectivity index (χ0) is 12.4. The average Bonchev–Trinajstić information content (AvgIpc) is 2.52. The van der Waals surface area contributed by atoms with Crippen molar-refractivity contribution in [3.8, 4) is 0 Å². The van der Waals surface area contributed by atoms with Gasteiger partial charge in [0.2, 0.25) is 0 Å². The highest BCUT2D eigenvalue weighted by molar-refractivity contribution is 6.31. The van der Waals surface area contributed by atoms with Crippen molar-refractivity contribution in [3.63, 3.8) is 0 Å². The first kappa shape index (κ1) is 12.6. The Labute approximate surface area is 107 Å². The van der Waals surface area contributed by atoms with Gasteiger partial charge >= 0.3 is 0 Å². The molecule has 1 aliphatic rings. The maximum absolute atomic E-state index is 11.7. The molecule has 1 aliphatic carbocycles. The Bertz CT molecular complexity index is 412. The summed E-state index contributed by atoms with van der Waals surface area (Å²) in [5.41, 5.74) is 1.05. The second-order valence-electron chi connectivity index (χ2n) is 5.10. The molecule has 0 aromatic carbocycles. The molecule has 0 amide bonds. The molecule has 94 valence electrons. The summed E-state index contributed by atoms with van der Waals surface area (Å²) < 4.78 is 1.96. The second kappa shape index (κ2) is 5.21. The zero-order valence-electron chi connectivity index (χ0n) is 10.4. The van der Waals surface area contributed by atoms with Crippen molar-refractivity contribution in [3.05, 3.63) is 16.9 Å². The van der Waals surface area contributed by atoms with Gasteiger partial charge in [-0.15, -0.1) is 0 Å². The maximum Gasteiger partial charge on any atom is 0.133 e. The lowest BCUT2D eigenvalue weighted by atomic mass is 9.96. The van der Waals surface area contributed by atoms with E-state index in [2.05, 4.69) is 18.9 Å². The molecule has 0 bridgehead atoms. The molecule has 0 aliphatic heterocycles. The molecule has 4 heteroatoms. The molecule has 0 spiro atoms. The van der Waals surface area contributed by atoms with Gasteiger partial charge in [-0.3, -0.25) is 9.48 Å². The summed E-state index contributed by atoms with van der Waals surface area (Å²) >= 11 is 6.23. The van der Waals surface area contributed by atoms with Crippen LogP contribution in [0, 0.1) is 0 Å². The van der Waals surface area contributed by atoms with Gasteiger partial charge in [-0.1, -0.05) is 18.0 Å². The van der Waals surface area contributed by atoms with Crippen LogP contribution in [-0.2, 0) is 4.79 Å². The Balaban J connectivity index is 2.31. The predicted octanol–water partition coefficient (Wildman–Crippen LogP) is 3.73. The third kappa shape index (κ3) is 2.71. The van der Waals surface area contributed by atoms with E-state index in [1.54, 1.807) is 6.20 Å². The van der Waals surface area contributed by atoms with E-state index in [1.165, 1.54) is 0 Å². The SMILES string of the molecule is CC(C)n1ncc(Cl)c1C1CCCCC(=O)C1. The molecule has 1 saturated carbocycles. The van der Waals surface area contributed by atoms with E-state index in [0.29, 0.717) is 17.2 Å². The molecule has 1 heterocycles. The fraction of sp³-hybridized carbons (Fsp3) is 0.692. The highest BCUT2D eigenvalue weighted by Crippen LogP contribution is 2.35. The van der Waals surface area contributed by atoms with Gasteiger partial charge in [-0.2, -0.15) is 5.10 Å². The van der Waals surface area contributed by atoms with Gasteiger partial charge in [-0.05, 0) is 26.7 Å². The summed E-state index contributed by atoms with van der Waals surface area (Å²) in [6.45, 7) is 4.18. The molecule has 1 aromatic rings. The summed E-state index contributed by atoms with van der Waals surface area (Å²) in [5.74, 6) is 0.613. The van der Waals surface area contributed by atoms with Crippen molar-refractivity contribution >= 4 is 17.4 Å². The smallest absolute Gasteiger partial charge is 0.133 e. The van der Waals surface area contributed by atoms with E-state index in [4.69, 9.17) is 11.6 Å². The molecule has 1 aromatic heterocycles. The summed E-state index contributed by atoms with van der Waals surface area (Å²) in [6.07, 6.45) is 6.22. The first-order valence-electron chi connectivity index (χ1n) is 6.34. The Morgan fingerprint density at radius 1 is 1.47 bits per heavy atom. The normalized spacial score (nSPS) is 21.9. The number of Topliss-reactive ketones (excluding diaryl/α,β-unsaturated/α-hetero) is 1. The topological polar surface area (TPSA) is 34.9 Å². The minimum absolute atomic E-state index is 0.252. The molecule has 1 unspecified atom stereocenters. The Kier molecular flexibility index (Phi) is 3.87. The Hall–Kier alpha value is -0.830. The third-order valence-corrected chi connectivity index (χ3v) is 3.69. The van der Waals surface area contributed by atoms with Crippen molar-refractivity contribution in [1.29, 1.82) is 0 Å². The Morgan fingerprint density at radius 2 is 2.24 bits per heavy atom. The van der Waals surface area contributed by atoms with Gasteiger partial charge in [0, 0.05) is 24.8 Å². The molecular weight excluding hydrogens is 236 g/mol. The number of carbonyl (C=O) groups excluding carboxylic acids is 1. The highest BCUT2D eigenvalue weighted by Gasteiger charge is 2.25. The van der Waals surface area contributed by atoms with Crippen molar-refractivity contribution in [2.45, 2.75) is 57.9 Å². The van der Waals surface area contributed by atoms with Crippen LogP contribution in [-0.4, -0.2) is 15.6 Å². The standard InChI is InChI=1S/C13H19ClN2O/c1-9(2)16-13(12(14)8-15-16)10-5-3-4-6-11(17)7-10/h8-10H,3-7H2,1-2H3. The first-order chi connectivity index (χ1) is 8.09. The summed E-state index contributed by atoms with van der Waals surface area (Å²) in [5, 5.41) is 5.03. The van der Waals surface area contributed by atoms with E-state index < -0.39 is 0 Å². The molecule has 17 heavy (non-hydrogen) atoms. The molecular formula is C13H19ClN2O. The number of hydrogen-bond donors (Lipinski definition) is 0. The van der Waals surface area contributed by atoms with Crippen LogP contribution in [0.4, 0.5) is 0 Å². The van der Waals surface area contributed by atoms with Crippen molar-refractivity contribution in [2.24, 2.45) is 0 Å². The fourth-order valence-electron chi connectivity index (χ4n) is 2.57. The monoisotopic (exact) mass is 254 g/mol. The number of halogens is 1. The largest absolute Gasteiger partial charge is 0.300 e. The number of aromatic nitrogens is 2. The minimum Gasteiger partial charge on any atom is -0.300 e. The van der Waals surface area contributed by atoms with Crippen LogP contribution in [0.3, 0.4) is 0 Å². The van der Waals surface area contributed by atoms with E-state index in [1.807, 2.05) is 4.68 Å². The number of hydrogen-bond acceptors (Lipinski definition) is 2. The lowest BCUT2D eigenvalue weighted by Crippen LogP contribution is -2.13. The average molecular weight is 255 g/mol. The van der Waals surface area contributed by atoms with Crippen molar-refractivity contribution in [1.82, 2.24) is 9.78 Å². The van der Waals surface area contributed by atoms with Gasteiger partial charge in [0.05, 0.1) is 16.9 Å². The van der Waals surface area contributed by atoms with E-state index in [0.717, 1.165) is 31.4 Å². The summed E-state index contributed by atoms with van der Waals surface area (Å²) in [7, 11) is 0. The van der Waals surface area contributed by atoms with Gasteiger partial charge in [0.1, 0.15) is 5.78 Å². The van der Waals surface area contributed by atoms with E-state index in [-0.39, 0.29) is 12.0 Å². The predicted molar refractivity (Wildman–Crippen MR) is 68.5 cm³/mol. The molecule has 0 saturated heterocycles. The molecule has 1 atom stereocenters. The van der Waals surface area contributed by atoms with E-state index >= 15 is 0 Å². The zero-order valence-corrected chi connectivity index (χ0v) is 11.2. The number of ketones is 1. The highest BCUT2D eigenvalue weighted by atomic mass is 35.5. The van der Waals surface area contributed by atoms with Crippen LogP contribution in [0.5, 0.6) is 0 Å². The van der Waals surface area contributed by atoms with Gasteiger partial charge in [-0.25, -0.2) is 0 Å². The minimum atomic E-state index is 0.252. The quantitative estimate of drug-likeness (QED) is 0.754. The van der Waals surface area contributed by atoms with Crippen LogP contribution in [0.25, 0.3) is 0 Å². The molecule has 0 N–H and O–H groups in total. The van der Waals surface area contributed by atoms with Gasteiger partial charge in [0.15, 0.2) is 0 Å². The lowest BCUT2D eigenvalue weighted by Gasteiger charge is -2.18. The number of carbonyl (C=O) groups is 1. The van der Waals surface area contributed by atoms with Gasteiger partial charge < -0.3 is 0 Å². The van der Waals surface area contributed by atoms with Crippen molar-refractivity contribution < 1.29 is 4.79 Å². The van der Waals surface area contributed by atoms with Crippen LogP contribution in [0.15, 0.2) is 6.20 Å². The molecule has 0 radical (unpaired) electrons.